The van der Waals surface area contributed by atoms with Crippen LogP contribution in [0.3, 0.4) is 0 Å². The van der Waals surface area contributed by atoms with Crippen LogP contribution in [-0.4, -0.2) is 43.3 Å². The number of hydrogen-bond acceptors (Lipinski definition) is 6. The second kappa shape index (κ2) is 6.98. The molecule has 1 N–H and O–H groups in total. The molecular formula is C22H21FN4O3S. The predicted octanol–water partition coefficient (Wildman–Crippen LogP) is 3.16. The van der Waals surface area contributed by atoms with Gasteiger partial charge in [0.25, 0.3) is 5.91 Å². The van der Waals surface area contributed by atoms with Crippen LogP contribution in [0, 0.1) is 5.82 Å². The molecule has 1 amide bonds. The van der Waals surface area contributed by atoms with Gasteiger partial charge in [-0.15, -0.1) is 10.2 Å². The zero-order valence-corrected chi connectivity index (χ0v) is 17.9. The molecule has 31 heavy (non-hydrogen) atoms. The summed E-state index contributed by atoms with van der Waals surface area (Å²) >= 11 is 1.25. The molecule has 3 heterocycles. The third-order valence-electron chi connectivity index (χ3n) is 6.04. The number of nitrogens with zero attached hydrogens (tertiary/aromatic N) is 4. The number of aromatic nitrogens is 3. The normalized spacial score (nSPS) is 16.8. The molecule has 1 fully saturated rings. The molecule has 1 spiro atoms. The summed E-state index contributed by atoms with van der Waals surface area (Å²) in [6.45, 7) is 4.41. The molecule has 9 heteroatoms. The van der Waals surface area contributed by atoms with E-state index in [1.54, 1.807) is 27.8 Å². The average Bonchev–Trinajstić information content (AvgIpc) is 3.37. The summed E-state index contributed by atoms with van der Waals surface area (Å²) in [6, 6.07) is 6.11. The van der Waals surface area contributed by atoms with E-state index in [1.807, 2.05) is 13.8 Å². The molecule has 0 unspecified atom stereocenters. The van der Waals surface area contributed by atoms with E-state index < -0.39 is 11.2 Å². The van der Waals surface area contributed by atoms with Crippen LogP contribution in [0.1, 0.15) is 47.7 Å². The van der Waals surface area contributed by atoms with Crippen LogP contribution in [0.5, 0.6) is 5.75 Å². The Kier molecular flexibility index (Phi) is 4.47. The van der Waals surface area contributed by atoms with Gasteiger partial charge in [-0.1, -0.05) is 23.5 Å². The van der Waals surface area contributed by atoms with Gasteiger partial charge in [0, 0.05) is 25.2 Å². The van der Waals surface area contributed by atoms with E-state index in [1.165, 1.54) is 23.5 Å². The lowest BCUT2D eigenvalue weighted by molar-refractivity contribution is 0.0578. The van der Waals surface area contributed by atoms with Crippen molar-refractivity contribution in [2.24, 2.45) is 0 Å². The van der Waals surface area contributed by atoms with E-state index >= 15 is 0 Å². The van der Waals surface area contributed by atoms with Crippen LogP contribution >= 0.6 is 11.3 Å². The first-order valence-corrected chi connectivity index (χ1v) is 11.0. The highest BCUT2D eigenvalue weighted by Crippen LogP contribution is 2.49. The smallest absolute Gasteiger partial charge is 0.274 e. The number of benzene rings is 1. The van der Waals surface area contributed by atoms with Crippen LogP contribution in [0.15, 0.2) is 35.3 Å². The Labute approximate surface area is 181 Å². The first-order chi connectivity index (χ1) is 14.8. The Bertz CT molecular complexity index is 1240. The van der Waals surface area contributed by atoms with E-state index in [4.69, 9.17) is 0 Å². The van der Waals surface area contributed by atoms with Gasteiger partial charge in [0.15, 0.2) is 16.5 Å². The minimum absolute atomic E-state index is 0.0231. The van der Waals surface area contributed by atoms with Gasteiger partial charge in [0.1, 0.15) is 10.8 Å². The molecule has 1 aliphatic carbocycles. The third-order valence-corrected chi connectivity index (χ3v) is 7.00. The summed E-state index contributed by atoms with van der Waals surface area (Å²) in [5.41, 5.74) is 0.272. The maximum Gasteiger partial charge on any atom is 0.274 e. The predicted molar refractivity (Wildman–Crippen MR) is 114 cm³/mol. The Morgan fingerprint density at radius 2 is 1.90 bits per heavy atom. The Morgan fingerprint density at radius 3 is 2.55 bits per heavy atom. The summed E-state index contributed by atoms with van der Waals surface area (Å²) in [6.07, 6.45) is 3.87. The second-order valence-corrected chi connectivity index (χ2v) is 9.56. The van der Waals surface area contributed by atoms with E-state index in [0.717, 1.165) is 18.4 Å². The lowest BCUT2D eigenvalue weighted by Crippen LogP contribution is -2.51. The number of halogens is 1. The van der Waals surface area contributed by atoms with Crippen molar-refractivity contribution >= 4 is 17.2 Å². The molecule has 2 aliphatic rings. The highest BCUT2D eigenvalue weighted by Gasteiger charge is 2.52. The van der Waals surface area contributed by atoms with Crippen LogP contribution in [0.2, 0.25) is 0 Å². The molecule has 0 bridgehead atoms. The van der Waals surface area contributed by atoms with Crippen LogP contribution in [0.4, 0.5) is 4.39 Å². The van der Waals surface area contributed by atoms with Gasteiger partial charge >= 0.3 is 0 Å². The number of rotatable bonds is 4. The van der Waals surface area contributed by atoms with Crippen LogP contribution < -0.4 is 5.43 Å². The lowest BCUT2D eigenvalue weighted by atomic mass is 10.0. The van der Waals surface area contributed by atoms with Crippen molar-refractivity contribution in [1.29, 1.82) is 0 Å². The number of fused-ring (bicyclic) bond motifs is 2. The Morgan fingerprint density at radius 1 is 1.19 bits per heavy atom. The molecule has 1 saturated carbocycles. The summed E-state index contributed by atoms with van der Waals surface area (Å²) < 4.78 is 14.9. The van der Waals surface area contributed by atoms with Crippen molar-refractivity contribution in [1.82, 2.24) is 19.7 Å². The highest BCUT2D eigenvalue weighted by atomic mass is 32.1. The second-order valence-electron chi connectivity index (χ2n) is 8.49. The fraction of sp³-hybridized carbons (Fsp3) is 0.364. The minimum Gasteiger partial charge on any atom is -0.503 e. The molecule has 0 saturated heterocycles. The van der Waals surface area contributed by atoms with E-state index in [9.17, 15) is 19.1 Å². The lowest BCUT2D eigenvalue weighted by Gasteiger charge is -2.39. The first kappa shape index (κ1) is 19.9. The quantitative estimate of drug-likeness (QED) is 0.673. The van der Waals surface area contributed by atoms with Crippen molar-refractivity contribution < 1.29 is 14.3 Å². The number of carbonyl (C=O) groups excluding carboxylic acids is 1. The summed E-state index contributed by atoms with van der Waals surface area (Å²) in [4.78, 5) is 27.7. The average molecular weight is 441 g/mol. The van der Waals surface area contributed by atoms with Crippen molar-refractivity contribution in [2.45, 2.75) is 44.7 Å². The molecule has 1 aromatic carbocycles. The summed E-state index contributed by atoms with van der Waals surface area (Å²) in [5, 5.41) is 20.1. The standard InChI is InChI=1S/C22H21FN4O3S/c1-12(2)26-11-22(7-8-22)27-10-15(18(28)19(29)17(27)21(26)30)20-25-24-16(31-20)9-13-3-5-14(23)6-4-13/h3-6,10,12,29H,7-9,11H2,1-2H3. The largest absolute Gasteiger partial charge is 0.503 e. The maximum atomic E-state index is 13.1. The van der Waals surface area contributed by atoms with Crippen molar-refractivity contribution in [2.75, 3.05) is 6.54 Å². The topological polar surface area (TPSA) is 88.3 Å². The molecule has 1 aliphatic heterocycles. The number of aromatic hydroxyl groups is 1. The van der Waals surface area contributed by atoms with E-state index in [0.29, 0.717) is 23.0 Å². The van der Waals surface area contributed by atoms with Gasteiger partial charge in [0.2, 0.25) is 5.43 Å². The van der Waals surface area contributed by atoms with Gasteiger partial charge in [-0.25, -0.2) is 4.39 Å². The van der Waals surface area contributed by atoms with Gasteiger partial charge in [0.05, 0.1) is 11.1 Å². The van der Waals surface area contributed by atoms with Gasteiger partial charge < -0.3 is 14.6 Å². The third kappa shape index (κ3) is 3.23. The fourth-order valence-electron chi connectivity index (χ4n) is 4.10. The molecule has 0 radical (unpaired) electrons. The Hall–Kier alpha value is -3.07. The van der Waals surface area contributed by atoms with Gasteiger partial charge in [-0.2, -0.15) is 0 Å². The highest BCUT2D eigenvalue weighted by molar-refractivity contribution is 7.14. The monoisotopic (exact) mass is 440 g/mol. The molecule has 3 aromatic rings. The molecular weight excluding hydrogens is 419 g/mol. The zero-order valence-electron chi connectivity index (χ0n) is 17.1. The molecule has 160 valence electrons. The summed E-state index contributed by atoms with van der Waals surface area (Å²) in [5.74, 6) is -1.17. The zero-order chi connectivity index (χ0) is 21.9. The first-order valence-electron chi connectivity index (χ1n) is 10.2. The van der Waals surface area contributed by atoms with Crippen LogP contribution in [-0.2, 0) is 12.0 Å². The van der Waals surface area contributed by atoms with Crippen molar-refractivity contribution in [3.8, 4) is 16.3 Å². The Balaban J connectivity index is 1.55. The SMILES string of the molecule is CC(C)N1CC2(CC2)n2cc(-c3nnc(Cc4ccc(F)cc4)s3)c(=O)c(O)c2C1=O. The maximum absolute atomic E-state index is 13.1. The fourth-order valence-corrected chi connectivity index (χ4v) is 4.99. The van der Waals surface area contributed by atoms with Crippen molar-refractivity contribution in [3.63, 3.8) is 0 Å². The van der Waals surface area contributed by atoms with E-state index in [2.05, 4.69) is 10.2 Å². The number of pyridine rings is 1. The molecule has 5 rings (SSSR count). The van der Waals surface area contributed by atoms with Crippen molar-refractivity contribution in [3.05, 3.63) is 62.8 Å². The van der Waals surface area contributed by atoms with Crippen LogP contribution in [0.25, 0.3) is 10.6 Å². The summed E-state index contributed by atoms with van der Waals surface area (Å²) in [7, 11) is 0. The molecule has 7 nitrogen and oxygen atoms in total. The number of amides is 1. The minimum atomic E-state index is -0.620. The molecule has 0 atom stereocenters. The number of carbonyl (C=O) groups is 1. The van der Waals surface area contributed by atoms with Gasteiger partial charge in [-0.3, -0.25) is 9.59 Å². The molecule has 2 aromatic heterocycles. The van der Waals surface area contributed by atoms with E-state index in [-0.39, 0.29) is 34.6 Å². The number of hydrogen-bond donors (Lipinski definition) is 1. The van der Waals surface area contributed by atoms with Gasteiger partial charge in [-0.05, 0) is 44.4 Å².